The number of rotatable bonds is 1. The van der Waals surface area contributed by atoms with Crippen molar-refractivity contribution in [2.45, 2.75) is 11.0 Å². The van der Waals surface area contributed by atoms with Gasteiger partial charge in [0.15, 0.2) is 5.41 Å². The Morgan fingerprint density at radius 1 is 0.892 bits per heavy atom. The van der Waals surface area contributed by atoms with E-state index >= 15 is 0 Å². The summed E-state index contributed by atoms with van der Waals surface area (Å²) in [5.74, 6) is -2.57. The van der Waals surface area contributed by atoms with Gasteiger partial charge in [-0.3, -0.25) is 24.5 Å². The van der Waals surface area contributed by atoms with Gasteiger partial charge in [0.1, 0.15) is 16.9 Å². The lowest BCUT2D eigenvalue weighted by Crippen LogP contribution is -2.64. The summed E-state index contributed by atoms with van der Waals surface area (Å²) in [5.41, 5.74) is -6.25. The number of ketones is 2. The fourth-order valence-corrected chi connectivity index (χ4v) is 6.04. The Balaban J connectivity index is 1.71. The molecule has 10 nitrogen and oxygen atoms in total. The number of hydrogen-bond donors (Lipinski definition) is 0. The van der Waals surface area contributed by atoms with Crippen LogP contribution in [0.15, 0.2) is 75.9 Å². The van der Waals surface area contributed by atoms with E-state index in [1.165, 1.54) is 42.3 Å². The van der Waals surface area contributed by atoms with Crippen LogP contribution >= 0.6 is 0 Å². The van der Waals surface area contributed by atoms with Gasteiger partial charge in [0.25, 0.3) is 11.3 Å². The molecule has 7 rings (SSSR count). The monoisotopic (exact) mass is 494 g/mol. The molecule has 3 aromatic carbocycles. The van der Waals surface area contributed by atoms with E-state index in [9.17, 15) is 29.3 Å². The number of anilines is 1. The molecular weight excluding hydrogens is 480 g/mol. The van der Waals surface area contributed by atoms with E-state index in [1.54, 1.807) is 30.3 Å². The topological polar surface area (TPSA) is 137 Å². The highest BCUT2D eigenvalue weighted by Crippen LogP contribution is 2.63. The van der Waals surface area contributed by atoms with Crippen molar-refractivity contribution in [3.05, 3.63) is 110 Å². The Morgan fingerprint density at radius 3 is 2.22 bits per heavy atom. The zero-order valence-corrected chi connectivity index (χ0v) is 19.0. The SMILES string of the molecule is CN1C(=O)[C@]2(c3cc([N+](=O)[O-])ccc31)c1c(c3ccccc3oc1=O)OC21C(=O)c2ccccc2C1=O. The number of carbonyl (C=O) groups excluding carboxylic acids is 3. The second kappa shape index (κ2) is 6.55. The molecule has 2 aliphatic heterocycles. The molecule has 3 aliphatic rings. The standard InChI is InChI=1S/C27H14N2O8/c1-28-18-11-10-13(29(34)35)12-17(18)26(25(28)33)20-21(16-8-4-5-9-19(16)36-24(20)32)37-27(26)22(30)14-6-2-3-7-15(14)23(27)31/h2-12H,1H3/t26-/m0/s1. The van der Waals surface area contributed by atoms with E-state index in [2.05, 4.69) is 0 Å². The van der Waals surface area contributed by atoms with E-state index in [0.717, 1.165) is 6.07 Å². The van der Waals surface area contributed by atoms with E-state index in [1.807, 2.05) is 0 Å². The number of hydrogen-bond acceptors (Lipinski definition) is 8. The first-order chi connectivity index (χ1) is 17.7. The Bertz CT molecular complexity index is 1820. The second-order valence-electron chi connectivity index (χ2n) is 9.15. The molecule has 1 aliphatic carbocycles. The van der Waals surface area contributed by atoms with Crippen molar-refractivity contribution in [2.75, 3.05) is 11.9 Å². The first kappa shape index (κ1) is 21.2. The number of non-ortho nitro benzene ring substituents is 1. The van der Waals surface area contributed by atoms with Crippen LogP contribution in [-0.2, 0) is 10.2 Å². The number of fused-ring (bicyclic) bond motifs is 8. The third kappa shape index (κ3) is 2.13. The minimum atomic E-state index is -2.54. The molecule has 0 radical (unpaired) electrons. The number of nitro groups is 1. The zero-order chi connectivity index (χ0) is 25.9. The number of likely N-dealkylation sites (N-methyl/N-ethyl adjacent to an activating group) is 1. The summed E-state index contributed by atoms with van der Waals surface area (Å²) in [7, 11) is 1.41. The molecule has 0 fully saturated rings. The van der Waals surface area contributed by atoms with Gasteiger partial charge in [-0.15, -0.1) is 0 Å². The Hall–Kier alpha value is -5.12. The minimum absolute atomic E-state index is 0.0303. The first-order valence-corrected chi connectivity index (χ1v) is 11.3. The summed E-state index contributed by atoms with van der Waals surface area (Å²) in [4.78, 5) is 68.6. The number of ether oxygens (including phenoxy) is 1. The van der Waals surface area contributed by atoms with Crippen LogP contribution in [-0.4, -0.2) is 35.0 Å². The molecule has 0 saturated heterocycles. The van der Waals surface area contributed by atoms with E-state index < -0.39 is 39.0 Å². The van der Waals surface area contributed by atoms with E-state index in [4.69, 9.17) is 9.15 Å². The maximum atomic E-state index is 14.3. The third-order valence-electron chi connectivity index (χ3n) is 7.56. The van der Waals surface area contributed by atoms with E-state index in [-0.39, 0.29) is 50.3 Å². The van der Waals surface area contributed by atoms with Gasteiger partial charge in [-0.05, 0) is 18.2 Å². The normalized spacial score (nSPS) is 20.5. The van der Waals surface area contributed by atoms with Crippen molar-refractivity contribution >= 4 is 39.8 Å². The predicted octanol–water partition coefficient (Wildman–Crippen LogP) is 3.17. The largest absolute Gasteiger partial charge is 0.467 e. The lowest BCUT2D eigenvalue weighted by atomic mass is 9.63. The van der Waals surface area contributed by atoms with Gasteiger partial charge in [0.2, 0.25) is 17.5 Å². The van der Waals surface area contributed by atoms with E-state index in [0.29, 0.717) is 0 Å². The molecule has 0 N–H and O–H groups in total. The summed E-state index contributed by atoms with van der Waals surface area (Å²) in [6.45, 7) is 0. The fraction of sp³-hybridized carbons (Fsp3) is 0.111. The fourth-order valence-electron chi connectivity index (χ4n) is 6.04. The molecule has 0 saturated carbocycles. The maximum absolute atomic E-state index is 14.3. The number of benzene rings is 3. The molecule has 2 spiro atoms. The van der Waals surface area contributed by atoms with Crippen molar-refractivity contribution in [3.63, 3.8) is 0 Å². The Morgan fingerprint density at radius 2 is 1.54 bits per heavy atom. The maximum Gasteiger partial charge on any atom is 0.344 e. The van der Waals surface area contributed by atoms with Gasteiger partial charge in [0.05, 0.1) is 10.3 Å². The van der Waals surface area contributed by atoms with Crippen LogP contribution in [0.1, 0.15) is 31.8 Å². The van der Waals surface area contributed by atoms with Crippen LogP contribution in [0.5, 0.6) is 5.75 Å². The number of amides is 1. The predicted molar refractivity (Wildman–Crippen MR) is 128 cm³/mol. The van der Waals surface area contributed by atoms with Crippen LogP contribution < -0.4 is 15.3 Å². The molecule has 1 amide bonds. The van der Waals surface area contributed by atoms with Crippen LogP contribution in [0.4, 0.5) is 11.4 Å². The lowest BCUT2D eigenvalue weighted by molar-refractivity contribution is -0.384. The number of nitrogens with zero attached hydrogens (tertiary/aromatic N) is 2. The first-order valence-electron chi connectivity index (χ1n) is 11.3. The highest BCUT2D eigenvalue weighted by atomic mass is 16.6. The van der Waals surface area contributed by atoms with Crippen molar-refractivity contribution in [2.24, 2.45) is 0 Å². The molecule has 0 unspecified atom stereocenters. The average Bonchev–Trinajstić information content (AvgIpc) is 3.43. The highest BCUT2D eigenvalue weighted by molar-refractivity contribution is 6.38. The smallest absolute Gasteiger partial charge is 0.344 e. The number of para-hydroxylation sites is 1. The highest BCUT2D eigenvalue weighted by Gasteiger charge is 2.80. The van der Waals surface area contributed by atoms with Gasteiger partial charge < -0.3 is 14.1 Å². The van der Waals surface area contributed by atoms with Crippen molar-refractivity contribution < 1.29 is 28.5 Å². The zero-order valence-electron chi connectivity index (χ0n) is 19.0. The molecule has 0 bridgehead atoms. The number of carbonyl (C=O) groups is 3. The molecule has 1 atom stereocenters. The van der Waals surface area contributed by atoms with Crippen LogP contribution in [0.25, 0.3) is 11.0 Å². The van der Waals surface area contributed by atoms with Crippen molar-refractivity contribution in [1.82, 2.24) is 0 Å². The summed E-state index contributed by atoms with van der Waals surface area (Å²) in [6, 6.07) is 16.1. The average molecular weight is 494 g/mol. The summed E-state index contributed by atoms with van der Waals surface area (Å²) in [6.07, 6.45) is 0. The Labute approximate surface area is 206 Å². The summed E-state index contributed by atoms with van der Waals surface area (Å²) >= 11 is 0. The van der Waals surface area contributed by atoms with Gasteiger partial charge in [-0.1, -0.05) is 36.4 Å². The Kier molecular flexibility index (Phi) is 3.75. The van der Waals surface area contributed by atoms with Gasteiger partial charge in [0, 0.05) is 41.6 Å². The number of Topliss-reactive ketones (excluding diaryl/α,β-unsaturated/α-hetero) is 2. The molecule has 3 heterocycles. The molecular formula is C27H14N2O8. The molecule has 180 valence electrons. The summed E-state index contributed by atoms with van der Waals surface area (Å²) < 4.78 is 11.8. The van der Waals surface area contributed by atoms with Gasteiger partial charge >= 0.3 is 5.63 Å². The van der Waals surface area contributed by atoms with Crippen LogP contribution in [0.3, 0.4) is 0 Å². The quantitative estimate of drug-likeness (QED) is 0.170. The van der Waals surface area contributed by atoms with Crippen molar-refractivity contribution in [1.29, 1.82) is 0 Å². The molecule has 4 aromatic rings. The second-order valence-corrected chi connectivity index (χ2v) is 9.15. The van der Waals surface area contributed by atoms with Crippen LogP contribution in [0.2, 0.25) is 0 Å². The lowest BCUT2D eigenvalue weighted by Gasteiger charge is -2.34. The summed E-state index contributed by atoms with van der Waals surface area (Å²) in [5, 5.41) is 12.0. The molecule has 1 aromatic heterocycles. The third-order valence-corrected chi connectivity index (χ3v) is 7.56. The van der Waals surface area contributed by atoms with Gasteiger partial charge in [-0.25, -0.2) is 4.79 Å². The van der Waals surface area contributed by atoms with Crippen LogP contribution in [0, 0.1) is 10.1 Å². The van der Waals surface area contributed by atoms with Crippen molar-refractivity contribution in [3.8, 4) is 5.75 Å². The number of nitro benzene ring substituents is 1. The minimum Gasteiger partial charge on any atom is -0.467 e. The molecule has 10 heteroatoms. The molecule has 37 heavy (non-hydrogen) atoms. The van der Waals surface area contributed by atoms with Gasteiger partial charge in [-0.2, -0.15) is 0 Å².